The number of fused-ring (bicyclic) bond motifs is 1. The Kier molecular flexibility index (Phi) is 8.99. The molecule has 9 heteroatoms. The lowest BCUT2D eigenvalue weighted by Gasteiger charge is -2.46. The zero-order valence-electron chi connectivity index (χ0n) is 24.2. The summed E-state index contributed by atoms with van der Waals surface area (Å²) >= 11 is 0. The number of rotatable bonds is 11. The van der Waals surface area contributed by atoms with Crippen LogP contribution in [0.25, 0.3) is 0 Å². The van der Waals surface area contributed by atoms with Crippen LogP contribution in [0, 0.1) is 0 Å². The molecule has 1 fully saturated rings. The van der Waals surface area contributed by atoms with E-state index < -0.39 is 42.5 Å². The first-order valence-electron chi connectivity index (χ1n) is 14.4. The summed E-state index contributed by atoms with van der Waals surface area (Å²) in [6.07, 6.45) is -4.38. The maximum absolute atomic E-state index is 13.7. The van der Waals surface area contributed by atoms with Crippen molar-refractivity contribution in [1.82, 2.24) is 4.90 Å². The highest BCUT2D eigenvalue weighted by molar-refractivity contribution is 6.21. The van der Waals surface area contributed by atoms with Gasteiger partial charge in [0.15, 0.2) is 6.29 Å². The van der Waals surface area contributed by atoms with Crippen LogP contribution in [0.1, 0.15) is 31.8 Å². The molecular weight excluding hydrogens is 562 g/mol. The van der Waals surface area contributed by atoms with Crippen molar-refractivity contribution in [3.8, 4) is 11.5 Å². The third-order valence-corrected chi connectivity index (χ3v) is 7.78. The Bertz CT molecular complexity index is 1530. The Hall–Kier alpha value is -4.54. The summed E-state index contributed by atoms with van der Waals surface area (Å²) in [5, 5.41) is 11.7. The van der Waals surface area contributed by atoms with Crippen LogP contribution in [0.5, 0.6) is 11.5 Å². The van der Waals surface area contributed by atoms with Crippen LogP contribution < -0.4 is 9.47 Å². The third-order valence-electron chi connectivity index (χ3n) is 7.78. The number of carbonyl (C=O) groups is 2. The number of ether oxygens (including phenoxy) is 5. The number of carbonyl (C=O) groups excluding carboxylic acids is 2. The molecule has 0 aromatic heterocycles. The van der Waals surface area contributed by atoms with Gasteiger partial charge < -0.3 is 28.8 Å². The molecule has 0 unspecified atom stereocenters. The number of hydrogen-bond donors (Lipinski definition) is 1. The molecule has 0 spiro atoms. The molecule has 2 heterocycles. The standard InChI is InChI=1S/C35H33NO8/c1-40-25-16-18-26(19-17-25)41-22-29-31(37)32(42-20-23-10-4-2-5-11-23)30(35(44-29)43-21-24-12-6-3-7-13-24)36-33(38)27-14-8-9-15-28(27)34(36)39/h2-19,29-32,35,37H,20-22H2,1H3/t29-,30-,31-,32-,35-/m1/s1. The Labute approximate surface area is 255 Å². The van der Waals surface area contributed by atoms with Crippen LogP contribution in [0.4, 0.5) is 0 Å². The Morgan fingerprint density at radius 1 is 0.705 bits per heavy atom. The van der Waals surface area contributed by atoms with E-state index in [1.165, 1.54) is 0 Å². The van der Waals surface area contributed by atoms with Gasteiger partial charge in [-0.2, -0.15) is 0 Å². The van der Waals surface area contributed by atoms with Crippen molar-refractivity contribution in [3.05, 3.63) is 131 Å². The highest BCUT2D eigenvalue weighted by Gasteiger charge is 2.54. The lowest BCUT2D eigenvalue weighted by atomic mass is 9.95. The summed E-state index contributed by atoms with van der Waals surface area (Å²) in [4.78, 5) is 28.5. The lowest BCUT2D eigenvalue weighted by molar-refractivity contribution is -0.289. The zero-order chi connectivity index (χ0) is 30.5. The third kappa shape index (κ3) is 6.22. The molecule has 2 amide bonds. The number of nitrogens with zero attached hydrogens (tertiary/aromatic N) is 1. The number of benzene rings is 4. The largest absolute Gasteiger partial charge is 0.497 e. The van der Waals surface area contributed by atoms with Gasteiger partial charge in [0.25, 0.3) is 11.8 Å². The molecule has 226 valence electrons. The number of imide groups is 1. The van der Waals surface area contributed by atoms with Crippen molar-refractivity contribution < 1.29 is 38.4 Å². The highest BCUT2D eigenvalue weighted by Crippen LogP contribution is 2.35. The monoisotopic (exact) mass is 595 g/mol. The maximum Gasteiger partial charge on any atom is 0.262 e. The highest BCUT2D eigenvalue weighted by atomic mass is 16.7. The van der Waals surface area contributed by atoms with Gasteiger partial charge in [0.1, 0.15) is 42.5 Å². The maximum atomic E-state index is 13.7. The first-order valence-corrected chi connectivity index (χ1v) is 14.4. The molecule has 0 bridgehead atoms. The quantitative estimate of drug-likeness (QED) is 0.251. The second kappa shape index (κ2) is 13.4. The minimum atomic E-state index is -1.28. The molecule has 5 atom stereocenters. The summed E-state index contributed by atoms with van der Waals surface area (Å²) in [5.74, 6) is 0.230. The average molecular weight is 596 g/mol. The molecule has 0 aliphatic carbocycles. The van der Waals surface area contributed by atoms with Gasteiger partial charge >= 0.3 is 0 Å². The molecule has 44 heavy (non-hydrogen) atoms. The van der Waals surface area contributed by atoms with E-state index in [2.05, 4.69) is 0 Å². The van der Waals surface area contributed by atoms with E-state index in [0.29, 0.717) is 11.5 Å². The SMILES string of the molecule is COc1ccc(OC[C@H]2O[C@@H](OCc3ccccc3)[C@H](N3C(=O)c4ccccc4C3=O)[C@@H](OCc3ccccc3)[C@@H]2O)cc1. The molecule has 4 aromatic carbocycles. The summed E-state index contributed by atoms with van der Waals surface area (Å²) in [7, 11) is 1.58. The van der Waals surface area contributed by atoms with E-state index in [1.54, 1.807) is 55.6 Å². The van der Waals surface area contributed by atoms with Gasteiger partial charge in [-0.05, 0) is 47.5 Å². The molecule has 1 N–H and O–H groups in total. The Balaban J connectivity index is 1.32. The molecule has 1 saturated heterocycles. The van der Waals surface area contributed by atoms with Crippen molar-refractivity contribution >= 4 is 11.8 Å². The van der Waals surface area contributed by atoms with Crippen LogP contribution in [-0.4, -0.2) is 66.2 Å². The van der Waals surface area contributed by atoms with E-state index in [1.807, 2.05) is 60.7 Å². The van der Waals surface area contributed by atoms with E-state index >= 15 is 0 Å². The van der Waals surface area contributed by atoms with E-state index in [-0.39, 0.29) is 30.9 Å². The predicted molar refractivity (Wildman–Crippen MR) is 160 cm³/mol. The normalized spacial score (nSPS) is 23.0. The van der Waals surface area contributed by atoms with Gasteiger partial charge in [0, 0.05) is 0 Å². The minimum Gasteiger partial charge on any atom is -0.497 e. The van der Waals surface area contributed by atoms with Gasteiger partial charge in [-0.25, -0.2) is 0 Å². The molecule has 2 aliphatic rings. The molecule has 0 saturated carbocycles. The van der Waals surface area contributed by atoms with E-state index in [0.717, 1.165) is 16.0 Å². The fourth-order valence-electron chi connectivity index (χ4n) is 5.49. The fraction of sp³-hybridized carbons (Fsp3) is 0.257. The van der Waals surface area contributed by atoms with Crippen LogP contribution in [0.3, 0.4) is 0 Å². The Morgan fingerprint density at radius 2 is 1.23 bits per heavy atom. The van der Waals surface area contributed by atoms with Crippen LogP contribution in [0.2, 0.25) is 0 Å². The first-order chi connectivity index (χ1) is 21.5. The van der Waals surface area contributed by atoms with Gasteiger partial charge in [-0.3, -0.25) is 14.5 Å². The topological polar surface area (TPSA) is 104 Å². The molecule has 4 aromatic rings. The van der Waals surface area contributed by atoms with Crippen LogP contribution >= 0.6 is 0 Å². The van der Waals surface area contributed by atoms with Crippen molar-refractivity contribution in [2.75, 3.05) is 13.7 Å². The van der Waals surface area contributed by atoms with Crippen molar-refractivity contribution in [2.24, 2.45) is 0 Å². The fourth-order valence-corrected chi connectivity index (χ4v) is 5.49. The van der Waals surface area contributed by atoms with Gasteiger partial charge in [-0.1, -0.05) is 72.8 Å². The zero-order valence-corrected chi connectivity index (χ0v) is 24.2. The van der Waals surface area contributed by atoms with Crippen LogP contribution in [0.15, 0.2) is 109 Å². The lowest BCUT2D eigenvalue weighted by Crippen LogP contribution is -2.66. The average Bonchev–Trinajstić information content (AvgIpc) is 3.32. The summed E-state index contributed by atoms with van der Waals surface area (Å²) in [6.45, 7) is 0.219. The summed E-state index contributed by atoms with van der Waals surface area (Å²) in [5.41, 5.74) is 2.29. The molecular formula is C35H33NO8. The number of aliphatic hydroxyl groups is 1. The minimum absolute atomic E-state index is 0.0429. The number of amides is 2. The van der Waals surface area contributed by atoms with Crippen molar-refractivity contribution in [2.45, 2.75) is 43.9 Å². The van der Waals surface area contributed by atoms with Gasteiger partial charge in [-0.15, -0.1) is 0 Å². The smallest absolute Gasteiger partial charge is 0.262 e. The molecule has 6 rings (SSSR count). The van der Waals surface area contributed by atoms with Crippen molar-refractivity contribution in [3.63, 3.8) is 0 Å². The Morgan fingerprint density at radius 3 is 1.80 bits per heavy atom. The summed E-state index contributed by atoms with van der Waals surface area (Å²) < 4.78 is 30.2. The van der Waals surface area contributed by atoms with Gasteiger partial charge in [0.05, 0.1) is 31.5 Å². The second-order valence-corrected chi connectivity index (χ2v) is 10.6. The second-order valence-electron chi connectivity index (χ2n) is 10.6. The van der Waals surface area contributed by atoms with E-state index in [4.69, 9.17) is 23.7 Å². The molecule has 9 nitrogen and oxygen atoms in total. The summed E-state index contributed by atoms with van der Waals surface area (Å²) in [6, 6.07) is 31.5. The van der Waals surface area contributed by atoms with Crippen LogP contribution in [-0.2, 0) is 27.4 Å². The number of hydrogen-bond acceptors (Lipinski definition) is 8. The number of aliphatic hydroxyl groups excluding tert-OH is 1. The molecule has 0 radical (unpaired) electrons. The predicted octanol–water partition coefficient (Wildman–Crippen LogP) is 4.63. The van der Waals surface area contributed by atoms with Gasteiger partial charge in [0.2, 0.25) is 0 Å². The number of methoxy groups -OCH3 is 1. The van der Waals surface area contributed by atoms with E-state index in [9.17, 15) is 14.7 Å². The molecule has 2 aliphatic heterocycles. The first kappa shape index (κ1) is 29.5. The van der Waals surface area contributed by atoms with Crippen molar-refractivity contribution in [1.29, 1.82) is 0 Å².